The highest BCUT2D eigenvalue weighted by Gasteiger charge is 2.31. The molecule has 0 spiro atoms. The molecule has 2 fully saturated rings. The van der Waals surface area contributed by atoms with E-state index in [9.17, 15) is 18.8 Å². The third-order valence-electron chi connectivity index (χ3n) is 7.50. The number of hydrazine groups is 1. The Morgan fingerprint density at radius 1 is 1.09 bits per heavy atom. The van der Waals surface area contributed by atoms with E-state index in [1.54, 1.807) is 38.9 Å². The minimum atomic E-state index is -0.656. The summed E-state index contributed by atoms with van der Waals surface area (Å²) in [7, 11) is 0. The predicted molar refractivity (Wildman–Crippen MR) is 173 cm³/mol. The molecule has 45 heavy (non-hydrogen) atoms. The predicted octanol–water partition coefficient (Wildman–Crippen LogP) is 4.50. The number of amides is 4. The summed E-state index contributed by atoms with van der Waals surface area (Å²) in [5.74, 6) is 5.07. The van der Waals surface area contributed by atoms with Crippen molar-refractivity contribution < 1.29 is 18.8 Å². The number of nitrogens with one attached hydrogen (secondary N) is 2. The summed E-state index contributed by atoms with van der Waals surface area (Å²) >= 11 is 6.58. The van der Waals surface area contributed by atoms with Crippen molar-refractivity contribution in [2.24, 2.45) is 0 Å². The van der Waals surface area contributed by atoms with E-state index in [0.717, 1.165) is 6.42 Å². The highest BCUT2D eigenvalue weighted by Crippen LogP contribution is 2.29. The van der Waals surface area contributed by atoms with E-state index in [1.165, 1.54) is 18.3 Å². The summed E-state index contributed by atoms with van der Waals surface area (Å²) in [5, 5.41) is 14.2. The summed E-state index contributed by atoms with van der Waals surface area (Å²) < 4.78 is 15.4. The number of carbonyl (C=O) groups is 3. The van der Waals surface area contributed by atoms with Gasteiger partial charge in [-0.1, -0.05) is 37.3 Å². The highest BCUT2D eigenvalue weighted by atomic mass is 35.5. The normalized spacial score (nSPS) is 21.3. The Kier molecular flexibility index (Phi) is 11.1. The molecule has 3 heterocycles. The molecule has 1 atom stereocenters. The number of hydrogen-bond acceptors (Lipinski definition) is 5. The van der Waals surface area contributed by atoms with Gasteiger partial charge in [-0.3, -0.25) is 19.3 Å². The molecule has 2 aromatic rings. The lowest BCUT2D eigenvalue weighted by Crippen LogP contribution is -2.60. The number of halogens is 2. The maximum absolute atomic E-state index is 13.6. The lowest BCUT2D eigenvalue weighted by molar-refractivity contribution is -0.131. The second kappa shape index (κ2) is 14.8. The third kappa shape index (κ3) is 7.93. The fourth-order valence-corrected chi connectivity index (χ4v) is 5.49. The van der Waals surface area contributed by atoms with E-state index in [2.05, 4.69) is 27.6 Å². The van der Waals surface area contributed by atoms with E-state index < -0.39 is 17.5 Å². The van der Waals surface area contributed by atoms with E-state index in [0.29, 0.717) is 61.7 Å². The summed E-state index contributed by atoms with van der Waals surface area (Å²) in [4.78, 5) is 40.7. The first kappa shape index (κ1) is 33.7. The van der Waals surface area contributed by atoms with Crippen molar-refractivity contribution in [1.29, 1.82) is 0 Å². The number of urea groups is 1. The van der Waals surface area contributed by atoms with Crippen LogP contribution in [0.15, 0.2) is 53.2 Å². The fraction of sp³-hybridized carbons (Fsp3) is 0.455. The van der Waals surface area contributed by atoms with Crippen LogP contribution in [0.5, 0.6) is 0 Å². The molecule has 1 aliphatic carbocycles. The van der Waals surface area contributed by atoms with Crippen LogP contribution in [-0.2, 0) is 10.3 Å². The van der Waals surface area contributed by atoms with Gasteiger partial charge in [-0.15, -0.1) is 0 Å². The van der Waals surface area contributed by atoms with Crippen molar-refractivity contribution in [2.45, 2.75) is 59.0 Å². The van der Waals surface area contributed by atoms with Gasteiger partial charge in [0.2, 0.25) is 0 Å². The molecule has 2 N–H and O–H groups in total. The molecule has 12 heteroatoms. The molecule has 5 rings (SSSR count). The average Bonchev–Trinajstić information content (AvgIpc) is 3.49. The van der Waals surface area contributed by atoms with Crippen LogP contribution in [-0.4, -0.2) is 87.9 Å². The molecule has 2 aliphatic heterocycles. The first-order valence-electron chi connectivity index (χ1n) is 15.3. The van der Waals surface area contributed by atoms with Crippen molar-refractivity contribution in [1.82, 2.24) is 35.3 Å². The van der Waals surface area contributed by atoms with Crippen LogP contribution in [0.1, 0.15) is 57.8 Å². The monoisotopic (exact) mass is 637 g/mol. The fourth-order valence-electron chi connectivity index (χ4n) is 5.27. The molecule has 1 unspecified atom stereocenters. The van der Waals surface area contributed by atoms with Gasteiger partial charge in [0, 0.05) is 56.8 Å². The number of nitrogens with zero attached hydrogens (tertiary/aromatic N) is 5. The van der Waals surface area contributed by atoms with E-state index in [-0.39, 0.29) is 29.2 Å². The number of allylic oxidation sites excluding steroid dienone is 2. The Morgan fingerprint density at radius 2 is 1.78 bits per heavy atom. The van der Waals surface area contributed by atoms with Gasteiger partial charge in [0.15, 0.2) is 0 Å². The van der Waals surface area contributed by atoms with E-state index >= 15 is 0 Å². The standard InChI is InChI=1S/C31H35ClFN7O3.C2H6/c1-31(2,3)40-27(21-8-10-22(33)11-9-21)25(20-35-40)28(41)36-23-6-4-7-24(26(32)13-12-23)29(42)37-16-18-38(19-17-37)39-15-5-14-34-30(39)43;1-2/h8-13,20,23H,5,7,14-19H2,1-3H3,(H,34,43)(H,36,41);1-2H3/b13-12-,26-24-;. The summed E-state index contributed by atoms with van der Waals surface area (Å²) in [6.45, 7) is 13.3. The molecule has 10 nitrogen and oxygen atoms in total. The topological polar surface area (TPSA) is 103 Å². The first-order chi connectivity index (χ1) is 21.5. The van der Waals surface area contributed by atoms with Crippen LogP contribution >= 0.6 is 11.6 Å². The number of rotatable bonds is 5. The van der Waals surface area contributed by atoms with Crippen LogP contribution < -0.4 is 10.6 Å². The largest absolute Gasteiger partial charge is 0.337 e. The van der Waals surface area contributed by atoms with Gasteiger partial charge in [0.25, 0.3) is 11.8 Å². The maximum Gasteiger partial charge on any atom is 0.331 e. The number of hydrogen-bond donors (Lipinski definition) is 2. The zero-order chi connectivity index (χ0) is 32.7. The SMILES string of the molecule is CC.CC(C)(C)n1ncc(C(=O)NC2C#CC/C(C(=O)N3CCN(N4CCCNC4=O)CC3)=C(Cl)\C=C/2)c1-c1ccc(F)cc1. The van der Waals surface area contributed by atoms with Gasteiger partial charge >= 0.3 is 6.03 Å². The van der Waals surface area contributed by atoms with E-state index in [4.69, 9.17) is 11.6 Å². The van der Waals surface area contributed by atoms with Crippen LogP contribution in [0.4, 0.5) is 9.18 Å². The zero-order valence-electron chi connectivity index (χ0n) is 26.5. The average molecular weight is 638 g/mol. The summed E-state index contributed by atoms with van der Waals surface area (Å²) in [6.07, 6.45) is 5.77. The number of benzene rings is 1. The number of carbonyl (C=O) groups excluding carboxylic acids is 3. The Hall–Kier alpha value is -4.14. The highest BCUT2D eigenvalue weighted by molar-refractivity contribution is 6.33. The van der Waals surface area contributed by atoms with E-state index in [1.807, 2.05) is 39.6 Å². The van der Waals surface area contributed by atoms with Crippen molar-refractivity contribution in [3.8, 4) is 23.1 Å². The van der Waals surface area contributed by atoms with Crippen molar-refractivity contribution in [3.63, 3.8) is 0 Å². The van der Waals surface area contributed by atoms with Crippen molar-refractivity contribution in [3.05, 3.63) is 64.6 Å². The minimum absolute atomic E-state index is 0.103. The smallest absolute Gasteiger partial charge is 0.331 e. The van der Waals surface area contributed by atoms with Gasteiger partial charge in [0.05, 0.1) is 28.0 Å². The Balaban J connectivity index is 0.00000226. The third-order valence-corrected chi connectivity index (χ3v) is 7.85. The van der Waals surface area contributed by atoms with Crippen LogP contribution in [0.3, 0.4) is 0 Å². The van der Waals surface area contributed by atoms with Crippen molar-refractivity contribution >= 4 is 29.4 Å². The molecule has 1 aromatic heterocycles. The minimum Gasteiger partial charge on any atom is -0.337 e. The lowest BCUT2D eigenvalue weighted by Gasteiger charge is -2.42. The Labute approximate surface area is 269 Å². The zero-order valence-corrected chi connectivity index (χ0v) is 27.2. The second-order valence-corrected chi connectivity index (χ2v) is 12.0. The van der Waals surface area contributed by atoms with Gasteiger partial charge in [0.1, 0.15) is 11.9 Å². The van der Waals surface area contributed by atoms with Crippen LogP contribution in [0, 0.1) is 17.7 Å². The molecule has 3 aliphatic rings. The second-order valence-electron chi connectivity index (χ2n) is 11.6. The molecule has 240 valence electrons. The maximum atomic E-state index is 13.6. The van der Waals surface area contributed by atoms with Crippen LogP contribution in [0.2, 0.25) is 0 Å². The van der Waals surface area contributed by atoms with Gasteiger partial charge in [-0.2, -0.15) is 5.10 Å². The number of piperazine rings is 1. The molecular weight excluding hydrogens is 597 g/mol. The molecule has 2 saturated heterocycles. The molecule has 1 aromatic carbocycles. The van der Waals surface area contributed by atoms with Gasteiger partial charge in [-0.05, 0) is 63.6 Å². The molecule has 0 saturated carbocycles. The molecule has 0 radical (unpaired) electrons. The first-order valence-corrected chi connectivity index (χ1v) is 15.7. The molecule has 0 bridgehead atoms. The molecule has 4 amide bonds. The van der Waals surface area contributed by atoms with Gasteiger partial charge < -0.3 is 15.5 Å². The van der Waals surface area contributed by atoms with Gasteiger partial charge in [-0.25, -0.2) is 14.2 Å². The van der Waals surface area contributed by atoms with Crippen molar-refractivity contribution in [2.75, 3.05) is 39.3 Å². The lowest BCUT2D eigenvalue weighted by atomic mass is 10.0. The summed E-state index contributed by atoms with van der Waals surface area (Å²) in [6, 6.07) is 5.17. The van der Waals surface area contributed by atoms with Crippen LogP contribution in [0.25, 0.3) is 11.3 Å². The Morgan fingerprint density at radius 3 is 2.42 bits per heavy atom. The summed E-state index contributed by atoms with van der Waals surface area (Å²) in [5.41, 5.74) is 1.52. The molecular formula is C33H41ClFN7O3. The Bertz CT molecular complexity index is 1520. The number of aromatic nitrogens is 2. The quantitative estimate of drug-likeness (QED) is 0.470.